The fraction of sp³-hybridized carbons (Fsp3) is 0.364. The van der Waals surface area contributed by atoms with E-state index in [1.165, 1.54) is 0 Å². The van der Waals surface area contributed by atoms with Crippen LogP contribution in [0.4, 0.5) is 0 Å². The van der Waals surface area contributed by atoms with Gasteiger partial charge < -0.3 is 19.6 Å². The maximum Gasteiger partial charge on any atom is 0.274 e. The molecule has 0 amide bonds. The smallest absolute Gasteiger partial charge is 0.274 e. The Balaban J connectivity index is 1.36. The monoisotopic (exact) mass is 562 g/mol. The third-order valence-corrected chi connectivity index (χ3v) is 6.34. The molecule has 2 fully saturated rings. The van der Waals surface area contributed by atoms with Gasteiger partial charge in [-0.2, -0.15) is 0 Å². The zero-order valence-electron chi connectivity index (χ0n) is 20.1. The molecule has 2 saturated heterocycles. The van der Waals surface area contributed by atoms with Crippen LogP contribution < -0.4 is 0 Å². The van der Waals surface area contributed by atoms with E-state index in [0.717, 1.165) is 11.1 Å². The highest BCUT2D eigenvalue weighted by molar-refractivity contribution is 6.29. The SMILES string of the molecule is O=[N+]([O-])/N=C1/N(C/C=C/CN2CCN(Cc3ccc(Cl)nc3)/C2=N/[N+](=O)[O-])CCN1Cc1ccc(Cl)nc1. The van der Waals surface area contributed by atoms with Crippen LogP contribution in [0.5, 0.6) is 0 Å². The van der Waals surface area contributed by atoms with Gasteiger partial charge in [-0.05, 0) is 23.3 Å². The molecule has 2 aliphatic rings. The molecule has 0 N–H and O–H groups in total. The van der Waals surface area contributed by atoms with Crippen LogP contribution in [0.15, 0.2) is 59.0 Å². The quantitative estimate of drug-likeness (QED) is 0.182. The van der Waals surface area contributed by atoms with Crippen molar-refractivity contribution in [3.63, 3.8) is 0 Å². The second kappa shape index (κ2) is 12.5. The average Bonchev–Trinajstić information content (AvgIpc) is 3.42. The first-order valence-electron chi connectivity index (χ1n) is 11.6. The minimum atomic E-state index is -0.708. The number of nitrogens with zero attached hydrogens (tertiary/aromatic N) is 10. The molecular formula is C22H24Cl2N10O4. The summed E-state index contributed by atoms with van der Waals surface area (Å²) in [5.74, 6) is 0.517. The summed E-state index contributed by atoms with van der Waals surface area (Å²) in [7, 11) is 0. The molecule has 0 aliphatic carbocycles. The second-order valence-corrected chi connectivity index (χ2v) is 9.24. The van der Waals surface area contributed by atoms with Crippen LogP contribution in [-0.2, 0) is 13.1 Å². The van der Waals surface area contributed by atoms with E-state index in [1.807, 2.05) is 34.1 Å². The van der Waals surface area contributed by atoms with Crippen molar-refractivity contribution in [2.45, 2.75) is 13.1 Å². The number of nitro groups is 2. The number of halogens is 2. The molecule has 4 rings (SSSR count). The predicted molar refractivity (Wildman–Crippen MR) is 140 cm³/mol. The van der Waals surface area contributed by atoms with Gasteiger partial charge in [-0.1, -0.05) is 47.5 Å². The van der Waals surface area contributed by atoms with E-state index in [0.29, 0.717) is 62.7 Å². The van der Waals surface area contributed by atoms with Gasteiger partial charge >= 0.3 is 0 Å². The van der Waals surface area contributed by atoms with Crippen molar-refractivity contribution in [1.29, 1.82) is 0 Å². The first-order chi connectivity index (χ1) is 18.3. The normalized spacial score (nSPS) is 17.9. The molecule has 4 heterocycles. The van der Waals surface area contributed by atoms with Gasteiger partial charge in [0.2, 0.25) is 0 Å². The average molecular weight is 563 g/mol. The number of pyridine rings is 2. The molecule has 2 aromatic rings. The highest BCUT2D eigenvalue weighted by atomic mass is 35.5. The van der Waals surface area contributed by atoms with E-state index in [4.69, 9.17) is 23.2 Å². The van der Waals surface area contributed by atoms with Crippen molar-refractivity contribution >= 4 is 35.1 Å². The van der Waals surface area contributed by atoms with Gasteiger partial charge in [0.25, 0.3) is 11.9 Å². The Morgan fingerprint density at radius 2 is 1.13 bits per heavy atom. The first-order valence-corrected chi connectivity index (χ1v) is 12.4. The lowest BCUT2D eigenvalue weighted by Gasteiger charge is -2.20. The summed E-state index contributed by atoms with van der Waals surface area (Å²) in [5.41, 5.74) is 1.71. The summed E-state index contributed by atoms with van der Waals surface area (Å²) in [6.07, 6.45) is 6.97. The molecule has 0 saturated carbocycles. The fourth-order valence-electron chi connectivity index (χ4n) is 4.17. The number of hydrogen-bond donors (Lipinski definition) is 0. The van der Waals surface area contributed by atoms with Gasteiger partial charge in [0.05, 0.1) is 0 Å². The minimum Gasteiger partial charge on any atom is -0.332 e. The molecular weight excluding hydrogens is 539 g/mol. The van der Waals surface area contributed by atoms with Gasteiger partial charge in [0.15, 0.2) is 10.1 Å². The Labute approximate surface area is 227 Å². The Bertz CT molecular complexity index is 1140. The van der Waals surface area contributed by atoms with Crippen molar-refractivity contribution in [3.8, 4) is 0 Å². The molecule has 38 heavy (non-hydrogen) atoms. The van der Waals surface area contributed by atoms with Crippen molar-refractivity contribution in [1.82, 2.24) is 29.6 Å². The van der Waals surface area contributed by atoms with Crippen LogP contribution in [0.2, 0.25) is 10.3 Å². The summed E-state index contributed by atoms with van der Waals surface area (Å²) >= 11 is 11.7. The fourth-order valence-corrected chi connectivity index (χ4v) is 4.40. The molecule has 2 aliphatic heterocycles. The highest BCUT2D eigenvalue weighted by Crippen LogP contribution is 2.17. The molecule has 0 aromatic carbocycles. The van der Waals surface area contributed by atoms with E-state index in [-0.39, 0.29) is 11.9 Å². The molecule has 0 bridgehead atoms. The van der Waals surface area contributed by atoms with Crippen molar-refractivity contribution in [2.75, 3.05) is 39.3 Å². The number of rotatable bonds is 10. The van der Waals surface area contributed by atoms with Gasteiger partial charge in [-0.25, -0.2) is 30.2 Å². The molecule has 0 radical (unpaired) electrons. The molecule has 2 aromatic heterocycles. The Morgan fingerprint density at radius 1 is 0.737 bits per heavy atom. The van der Waals surface area contributed by atoms with Crippen molar-refractivity contribution < 1.29 is 10.1 Å². The van der Waals surface area contributed by atoms with E-state index in [1.54, 1.807) is 34.3 Å². The van der Waals surface area contributed by atoms with Gasteiger partial charge in [0, 0.05) is 64.8 Å². The molecule has 0 spiro atoms. The molecule has 0 unspecified atom stereocenters. The van der Waals surface area contributed by atoms with Crippen molar-refractivity contribution in [3.05, 3.63) is 90.5 Å². The number of guanidine groups is 2. The van der Waals surface area contributed by atoms with Crippen LogP contribution in [0.3, 0.4) is 0 Å². The molecule has 0 atom stereocenters. The summed E-state index contributed by atoms with van der Waals surface area (Å²) < 4.78 is 0. The summed E-state index contributed by atoms with van der Waals surface area (Å²) in [4.78, 5) is 37.7. The number of hydrogen-bond acceptors (Lipinski definition) is 6. The van der Waals surface area contributed by atoms with E-state index in [9.17, 15) is 20.2 Å². The Kier molecular flexibility index (Phi) is 8.86. The lowest BCUT2D eigenvalue weighted by atomic mass is 10.3. The topological polar surface area (TPSA) is 150 Å². The number of aromatic nitrogens is 2. The van der Waals surface area contributed by atoms with Crippen LogP contribution >= 0.6 is 23.2 Å². The maximum absolute atomic E-state index is 11.2. The first kappa shape index (κ1) is 27.0. The molecule has 200 valence electrons. The van der Waals surface area contributed by atoms with Gasteiger partial charge in [0.1, 0.15) is 20.5 Å². The molecule has 14 nitrogen and oxygen atoms in total. The summed E-state index contributed by atoms with van der Waals surface area (Å²) in [5, 5.41) is 28.9. The lowest BCUT2D eigenvalue weighted by Crippen LogP contribution is -2.35. The lowest BCUT2D eigenvalue weighted by molar-refractivity contribution is -0.486. The molecule has 16 heteroatoms. The largest absolute Gasteiger partial charge is 0.332 e. The van der Waals surface area contributed by atoms with Crippen LogP contribution in [0.1, 0.15) is 11.1 Å². The third-order valence-electron chi connectivity index (χ3n) is 5.90. The van der Waals surface area contributed by atoms with Crippen molar-refractivity contribution in [2.24, 2.45) is 10.2 Å². The highest BCUT2D eigenvalue weighted by Gasteiger charge is 2.30. The Hall–Kier alpha value is -4.04. The third kappa shape index (κ3) is 7.26. The maximum atomic E-state index is 11.2. The minimum absolute atomic E-state index is 0.258. The van der Waals surface area contributed by atoms with E-state index >= 15 is 0 Å². The van der Waals surface area contributed by atoms with E-state index in [2.05, 4.69) is 20.2 Å². The summed E-state index contributed by atoms with van der Waals surface area (Å²) in [6.45, 7) is 3.81. The Morgan fingerprint density at radius 3 is 1.47 bits per heavy atom. The van der Waals surface area contributed by atoms with Crippen LogP contribution in [-0.4, -0.2) is 90.8 Å². The van der Waals surface area contributed by atoms with Gasteiger partial charge in [-0.3, -0.25) is 0 Å². The van der Waals surface area contributed by atoms with Gasteiger partial charge in [-0.15, -0.1) is 0 Å². The zero-order valence-corrected chi connectivity index (χ0v) is 21.6. The zero-order chi connectivity index (χ0) is 27.1. The number of hydrazone groups is 2. The van der Waals surface area contributed by atoms with Crippen LogP contribution in [0, 0.1) is 20.2 Å². The standard InChI is InChI=1S/C22H24Cl2N10O4/c23-19-5-3-17(13-25-19)15-31-11-9-29(21(31)27-33(35)36)7-1-2-8-30-10-12-32(22(30)28-34(37)38)16-18-4-6-20(24)26-14-18/h1-6,13-14H,7-12,15-16H2/b2-1+,27-21-,28-22+. The summed E-state index contributed by atoms with van der Waals surface area (Å²) in [6, 6.07) is 6.96. The predicted octanol–water partition coefficient (Wildman–Crippen LogP) is 2.37. The second-order valence-electron chi connectivity index (χ2n) is 8.46. The van der Waals surface area contributed by atoms with Crippen LogP contribution in [0.25, 0.3) is 0 Å². The van der Waals surface area contributed by atoms with E-state index < -0.39 is 10.1 Å².